The number of carbonyl (C=O) groups is 2. The Labute approximate surface area is 240 Å². The van der Waals surface area contributed by atoms with Crippen molar-refractivity contribution in [1.29, 1.82) is 0 Å². The molecule has 1 aliphatic carbocycles. The number of aryl methyl sites for hydroxylation is 3. The second kappa shape index (κ2) is 9.03. The second-order valence-corrected chi connectivity index (χ2v) is 12.5. The zero-order valence-electron chi connectivity index (χ0n) is 22.2. The normalized spacial score (nSPS) is 16.5. The van der Waals surface area contributed by atoms with E-state index < -0.39 is 0 Å². The average Bonchev–Trinajstić information content (AvgIpc) is 3.77. The van der Waals surface area contributed by atoms with E-state index in [0.717, 1.165) is 83.3 Å². The summed E-state index contributed by atoms with van der Waals surface area (Å²) in [6.07, 6.45) is 6.23. The van der Waals surface area contributed by atoms with Crippen molar-refractivity contribution in [3.8, 4) is 11.1 Å². The Balaban J connectivity index is 1.42. The standard InChI is InChI=1S/C31H28ClN5O2S/c1-35-16-21-23(34-35)6-5-18-25(21)27-20(15-33-31(27)39)26-19-14-17(29(38)30-22(32)8-13-40-30)4-7-24(19)37(28(18)26)12-11-36-9-2-3-10-36/h4,7-8,13-14,16H,2-3,5-6,9-12,15H2,1H3,(H,33,39). The molecule has 40 heavy (non-hydrogen) atoms. The Morgan fingerprint density at radius 1 is 1.10 bits per heavy atom. The summed E-state index contributed by atoms with van der Waals surface area (Å²) in [6.45, 7) is 4.60. The lowest BCUT2D eigenvalue weighted by Gasteiger charge is -2.22. The minimum absolute atomic E-state index is 0.0274. The van der Waals surface area contributed by atoms with Crippen molar-refractivity contribution in [2.24, 2.45) is 7.05 Å². The highest BCUT2D eigenvalue weighted by Crippen LogP contribution is 2.47. The number of hydrogen-bond donors (Lipinski definition) is 1. The summed E-state index contributed by atoms with van der Waals surface area (Å²) in [5.41, 5.74) is 9.11. The van der Waals surface area contributed by atoms with Crippen LogP contribution in [0.1, 0.15) is 55.3 Å². The molecule has 1 N–H and O–H groups in total. The maximum Gasteiger partial charge on any atom is 0.252 e. The third-order valence-electron chi connectivity index (χ3n) is 8.87. The molecule has 3 aliphatic rings. The van der Waals surface area contributed by atoms with Gasteiger partial charge in [-0.3, -0.25) is 14.3 Å². The number of ketones is 1. The average molecular weight is 570 g/mol. The number of aromatic nitrogens is 3. The molecule has 0 bridgehead atoms. The summed E-state index contributed by atoms with van der Waals surface area (Å²) in [5.74, 6) is -0.0934. The third kappa shape index (κ3) is 3.49. The Kier molecular flexibility index (Phi) is 5.49. The molecule has 5 aromatic rings. The van der Waals surface area contributed by atoms with Gasteiger partial charge in [0.15, 0.2) is 0 Å². The lowest BCUT2D eigenvalue weighted by Crippen LogP contribution is -2.24. The van der Waals surface area contributed by atoms with Crippen LogP contribution >= 0.6 is 22.9 Å². The fraction of sp³-hybridized carbons (Fsp3) is 0.323. The van der Waals surface area contributed by atoms with Crippen LogP contribution in [0, 0.1) is 0 Å². The number of benzene rings is 2. The van der Waals surface area contributed by atoms with E-state index in [9.17, 15) is 9.59 Å². The molecule has 0 radical (unpaired) electrons. The van der Waals surface area contributed by atoms with Crippen LogP contribution < -0.4 is 5.32 Å². The van der Waals surface area contributed by atoms with Crippen molar-refractivity contribution >= 4 is 56.4 Å². The van der Waals surface area contributed by atoms with Crippen molar-refractivity contribution in [2.75, 3.05) is 19.6 Å². The van der Waals surface area contributed by atoms with Crippen LogP contribution in [-0.2, 0) is 33.0 Å². The molecule has 0 saturated carbocycles. The molecule has 1 fully saturated rings. The summed E-state index contributed by atoms with van der Waals surface area (Å²) in [7, 11) is 1.95. The van der Waals surface area contributed by atoms with Gasteiger partial charge in [-0.05, 0) is 79.5 Å². The Hall–Kier alpha value is -3.46. The van der Waals surface area contributed by atoms with Crippen molar-refractivity contribution in [2.45, 2.75) is 38.8 Å². The minimum atomic E-state index is -0.0660. The van der Waals surface area contributed by atoms with Gasteiger partial charge in [-0.15, -0.1) is 11.3 Å². The van der Waals surface area contributed by atoms with Gasteiger partial charge in [0.25, 0.3) is 5.91 Å². The van der Waals surface area contributed by atoms with Gasteiger partial charge in [-0.2, -0.15) is 5.10 Å². The van der Waals surface area contributed by atoms with Crippen LogP contribution in [0.5, 0.6) is 0 Å². The molecular weight excluding hydrogens is 542 g/mol. The number of nitrogens with one attached hydrogen (secondary N) is 1. The van der Waals surface area contributed by atoms with Crippen molar-refractivity contribution in [1.82, 2.24) is 24.6 Å². The molecule has 202 valence electrons. The van der Waals surface area contributed by atoms with E-state index in [1.807, 2.05) is 29.2 Å². The van der Waals surface area contributed by atoms with E-state index in [4.69, 9.17) is 16.7 Å². The SMILES string of the molecule is Cn1cc2c(n1)CCc1c-2c2c(c3c4cc(C(=O)c5sccc5Cl)ccc4n(CCN4CCCC4)c13)CNC2=O. The van der Waals surface area contributed by atoms with E-state index in [1.165, 1.54) is 35.3 Å². The zero-order chi connectivity index (χ0) is 27.1. The lowest BCUT2D eigenvalue weighted by molar-refractivity contribution is 0.0965. The highest BCUT2D eigenvalue weighted by Gasteiger charge is 2.35. The molecule has 8 rings (SSSR count). The Morgan fingerprint density at radius 3 is 2.75 bits per heavy atom. The summed E-state index contributed by atoms with van der Waals surface area (Å²) in [4.78, 5) is 30.0. The van der Waals surface area contributed by atoms with Crippen LogP contribution in [0.2, 0.25) is 5.02 Å². The molecule has 2 aliphatic heterocycles. The lowest BCUT2D eigenvalue weighted by atomic mass is 9.82. The van der Waals surface area contributed by atoms with Gasteiger partial charge in [-0.25, -0.2) is 0 Å². The highest BCUT2D eigenvalue weighted by atomic mass is 35.5. The van der Waals surface area contributed by atoms with E-state index >= 15 is 0 Å². The van der Waals surface area contributed by atoms with Crippen LogP contribution in [0.25, 0.3) is 32.9 Å². The van der Waals surface area contributed by atoms with Gasteiger partial charge in [0, 0.05) is 65.9 Å². The zero-order valence-corrected chi connectivity index (χ0v) is 23.8. The Morgan fingerprint density at radius 2 is 1.95 bits per heavy atom. The smallest absolute Gasteiger partial charge is 0.252 e. The number of nitrogens with zero attached hydrogens (tertiary/aromatic N) is 4. The van der Waals surface area contributed by atoms with Gasteiger partial charge in [0.2, 0.25) is 5.78 Å². The predicted octanol–water partition coefficient (Wildman–Crippen LogP) is 5.58. The monoisotopic (exact) mass is 569 g/mol. The van der Waals surface area contributed by atoms with Crippen molar-refractivity contribution in [3.63, 3.8) is 0 Å². The van der Waals surface area contributed by atoms with Crippen LogP contribution in [0.15, 0.2) is 35.8 Å². The maximum atomic E-state index is 13.5. The number of rotatable bonds is 5. The van der Waals surface area contributed by atoms with E-state index in [1.54, 1.807) is 6.07 Å². The molecule has 3 aromatic heterocycles. The number of fused-ring (bicyclic) bond motifs is 10. The molecule has 9 heteroatoms. The summed E-state index contributed by atoms with van der Waals surface area (Å²) < 4.78 is 4.32. The predicted molar refractivity (Wildman–Crippen MR) is 159 cm³/mol. The summed E-state index contributed by atoms with van der Waals surface area (Å²) >= 11 is 7.72. The molecule has 7 nitrogen and oxygen atoms in total. The molecule has 0 atom stereocenters. The summed E-state index contributed by atoms with van der Waals surface area (Å²) in [5, 5.41) is 12.3. The molecule has 2 aromatic carbocycles. The molecular formula is C31H28ClN5O2S. The van der Waals surface area contributed by atoms with E-state index in [2.05, 4.69) is 27.0 Å². The first kappa shape index (κ1) is 24.3. The summed E-state index contributed by atoms with van der Waals surface area (Å²) in [6, 6.07) is 7.82. The van der Waals surface area contributed by atoms with Crippen LogP contribution in [0.4, 0.5) is 0 Å². The topological polar surface area (TPSA) is 72.2 Å². The second-order valence-electron chi connectivity index (χ2n) is 11.1. The van der Waals surface area contributed by atoms with Gasteiger partial charge in [0.1, 0.15) is 0 Å². The van der Waals surface area contributed by atoms with E-state index in [0.29, 0.717) is 22.0 Å². The van der Waals surface area contributed by atoms with Gasteiger partial charge < -0.3 is 14.8 Å². The number of halogens is 1. The number of likely N-dealkylation sites (tertiary alicyclic amines) is 1. The minimum Gasteiger partial charge on any atom is -0.348 e. The number of thiophene rings is 1. The molecule has 5 heterocycles. The number of amides is 1. The fourth-order valence-electron chi connectivity index (χ4n) is 7.12. The number of carbonyl (C=O) groups excluding carboxylic acids is 2. The quantitative estimate of drug-likeness (QED) is 0.281. The van der Waals surface area contributed by atoms with Crippen LogP contribution in [-0.4, -0.2) is 50.6 Å². The van der Waals surface area contributed by atoms with Crippen LogP contribution in [0.3, 0.4) is 0 Å². The first-order valence-corrected chi connectivity index (χ1v) is 15.2. The van der Waals surface area contributed by atoms with Gasteiger partial charge in [0.05, 0.1) is 26.7 Å². The first-order chi connectivity index (χ1) is 19.5. The highest BCUT2D eigenvalue weighted by molar-refractivity contribution is 7.13. The van der Waals surface area contributed by atoms with E-state index in [-0.39, 0.29) is 11.7 Å². The number of hydrogen-bond acceptors (Lipinski definition) is 5. The molecule has 1 saturated heterocycles. The maximum absolute atomic E-state index is 13.5. The van der Waals surface area contributed by atoms with Crippen molar-refractivity contribution in [3.05, 3.63) is 73.7 Å². The van der Waals surface area contributed by atoms with Gasteiger partial charge >= 0.3 is 0 Å². The van der Waals surface area contributed by atoms with Gasteiger partial charge in [-0.1, -0.05) is 11.6 Å². The fourth-order valence-corrected chi connectivity index (χ4v) is 8.23. The third-order valence-corrected chi connectivity index (χ3v) is 10.2. The first-order valence-electron chi connectivity index (χ1n) is 13.9. The molecule has 0 unspecified atom stereocenters. The molecule has 0 spiro atoms. The van der Waals surface area contributed by atoms with Crippen molar-refractivity contribution < 1.29 is 9.59 Å². The Bertz CT molecular complexity index is 1890. The molecule has 1 amide bonds. The largest absolute Gasteiger partial charge is 0.348 e.